The van der Waals surface area contributed by atoms with Gasteiger partial charge in [-0.2, -0.15) is 13.2 Å². The van der Waals surface area contributed by atoms with E-state index in [9.17, 15) is 18.3 Å². The first kappa shape index (κ1) is 14.8. The largest absolute Gasteiger partial charge is 0.497 e. The molecule has 18 heavy (non-hydrogen) atoms. The number of hydrogen-bond donors (Lipinski definition) is 2. The van der Waals surface area contributed by atoms with Crippen molar-refractivity contribution in [3.63, 3.8) is 0 Å². The summed E-state index contributed by atoms with van der Waals surface area (Å²) in [6.45, 7) is 1.49. The fourth-order valence-electron chi connectivity index (χ4n) is 1.73. The molecular weight excluding hydrogens is 247 g/mol. The van der Waals surface area contributed by atoms with Gasteiger partial charge in [0.15, 0.2) is 0 Å². The van der Waals surface area contributed by atoms with Crippen LogP contribution in [0.25, 0.3) is 0 Å². The summed E-state index contributed by atoms with van der Waals surface area (Å²) >= 11 is 0. The highest BCUT2D eigenvalue weighted by atomic mass is 19.4. The van der Waals surface area contributed by atoms with Gasteiger partial charge in [-0.3, -0.25) is 0 Å². The molecule has 0 bridgehead atoms. The molecule has 1 aromatic carbocycles. The Morgan fingerprint density at radius 1 is 1.28 bits per heavy atom. The molecule has 2 atom stereocenters. The normalized spacial score (nSPS) is 17.1. The van der Waals surface area contributed by atoms with E-state index < -0.39 is 17.8 Å². The molecule has 0 heterocycles. The summed E-state index contributed by atoms with van der Waals surface area (Å²) in [4.78, 5) is 0. The van der Waals surface area contributed by atoms with Gasteiger partial charge >= 0.3 is 6.18 Å². The maximum Gasteiger partial charge on any atom is 0.422 e. The minimum Gasteiger partial charge on any atom is -0.497 e. The van der Waals surface area contributed by atoms with E-state index in [-0.39, 0.29) is 12.0 Å². The van der Waals surface area contributed by atoms with Gasteiger partial charge in [0.05, 0.1) is 7.11 Å². The molecule has 0 aliphatic rings. The van der Waals surface area contributed by atoms with Gasteiger partial charge in [0, 0.05) is 6.04 Å². The molecule has 0 aliphatic carbocycles. The topological polar surface area (TPSA) is 55.5 Å². The number of halogens is 3. The van der Waals surface area contributed by atoms with E-state index in [2.05, 4.69) is 0 Å². The second-order valence-electron chi connectivity index (χ2n) is 4.01. The minimum atomic E-state index is -4.84. The van der Waals surface area contributed by atoms with Crippen molar-refractivity contribution < 1.29 is 23.0 Å². The lowest BCUT2D eigenvalue weighted by Crippen LogP contribution is -2.55. The van der Waals surface area contributed by atoms with Crippen molar-refractivity contribution in [3.8, 4) is 5.75 Å². The Balaban J connectivity index is 3.26. The first-order chi connectivity index (χ1) is 8.27. The monoisotopic (exact) mass is 263 g/mol. The molecule has 3 N–H and O–H groups in total. The Labute approximate surface area is 103 Å². The summed E-state index contributed by atoms with van der Waals surface area (Å²) in [6.07, 6.45) is -4.83. The second kappa shape index (κ2) is 5.16. The third-order valence-corrected chi connectivity index (χ3v) is 2.94. The van der Waals surface area contributed by atoms with E-state index in [4.69, 9.17) is 10.5 Å². The van der Waals surface area contributed by atoms with Crippen LogP contribution in [-0.2, 0) is 5.60 Å². The maximum atomic E-state index is 13.0. The van der Waals surface area contributed by atoms with Gasteiger partial charge in [0.25, 0.3) is 0 Å². The lowest BCUT2D eigenvalue weighted by molar-refractivity contribution is -0.274. The highest BCUT2D eigenvalue weighted by molar-refractivity contribution is 5.33. The molecule has 0 saturated heterocycles. The maximum absolute atomic E-state index is 13.0. The fourth-order valence-corrected chi connectivity index (χ4v) is 1.73. The zero-order chi connectivity index (χ0) is 14.0. The van der Waals surface area contributed by atoms with Crippen LogP contribution in [0, 0.1) is 0 Å². The first-order valence-corrected chi connectivity index (χ1v) is 5.46. The molecule has 6 heteroatoms. The lowest BCUT2D eigenvalue weighted by atomic mass is 9.84. The molecule has 1 rings (SSSR count). The number of ether oxygens (including phenoxy) is 1. The zero-order valence-electron chi connectivity index (χ0n) is 10.2. The summed E-state index contributed by atoms with van der Waals surface area (Å²) in [7, 11) is 1.41. The predicted octanol–water partition coefficient (Wildman–Crippen LogP) is 2.18. The highest BCUT2D eigenvalue weighted by Gasteiger charge is 2.58. The quantitative estimate of drug-likeness (QED) is 0.875. The average Bonchev–Trinajstić information content (AvgIpc) is 2.35. The van der Waals surface area contributed by atoms with Crippen LogP contribution in [0.4, 0.5) is 13.2 Å². The summed E-state index contributed by atoms with van der Waals surface area (Å²) in [5.41, 5.74) is 2.10. The van der Waals surface area contributed by atoms with Crippen molar-refractivity contribution in [1.29, 1.82) is 0 Å². The van der Waals surface area contributed by atoms with Crippen LogP contribution in [0.5, 0.6) is 5.75 Å². The SMILES string of the molecule is CCC(N)C(O)(c1ccc(OC)cc1)C(F)(F)F. The lowest BCUT2D eigenvalue weighted by Gasteiger charge is -2.35. The van der Waals surface area contributed by atoms with Crippen LogP contribution in [0.3, 0.4) is 0 Å². The Kier molecular flexibility index (Phi) is 4.24. The molecule has 1 aromatic rings. The van der Waals surface area contributed by atoms with Gasteiger partial charge in [0.2, 0.25) is 5.60 Å². The molecular formula is C12H16F3NO2. The number of methoxy groups -OCH3 is 1. The van der Waals surface area contributed by atoms with Crippen LogP contribution in [0.15, 0.2) is 24.3 Å². The molecule has 0 fully saturated rings. The molecule has 0 radical (unpaired) electrons. The first-order valence-electron chi connectivity index (χ1n) is 5.46. The van der Waals surface area contributed by atoms with E-state index in [1.165, 1.54) is 38.3 Å². The highest BCUT2D eigenvalue weighted by Crippen LogP contribution is 2.42. The second-order valence-corrected chi connectivity index (χ2v) is 4.01. The van der Waals surface area contributed by atoms with E-state index in [1.54, 1.807) is 0 Å². The third-order valence-electron chi connectivity index (χ3n) is 2.94. The van der Waals surface area contributed by atoms with Gasteiger partial charge in [-0.25, -0.2) is 0 Å². The Morgan fingerprint density at radius 2 is 1.78 bits per heavy atom. The van der Waals surface area contributed by atoms with Crippen molar-refractivity contribution in [2.45, 2.75) is 31.2 Å². The third kappa shape index (κ3) is 2.44. The molecule has 2 unspecified atom stereocenters. The van der Waals surface area contributed by atoms with Gasteiger partial charge in [-0.05, 0) is 24.1 Å². The van der Waals surface area contributed by atoms with Gasteiger partial charge in [-0.1, -0.05) is 19.1 Å². The van der Waals surface area contributed by atoms with Crippen LogP contribution in [0.2, 0.25) is 0 Å². The van der Waals surface area contributed by atoms with Gasteiger partial charge in [0.1, 0.15) is 5.75 Å². The van der Waals surface area contributed by atoms with Crippen molar-refractivity contribution in [2.75, 3.05) is 7.11 Å². The average molecular weight is 263 g/mol. The number of rotatable bonds is 4. The van der Waals surface area contributed by atoms with E-state index in [0.29, 0.717) is 5.75 Å². The Hall–Kier alpha value is -1.27. The van der Waals surface area contributed by atoms with Gasteiger partial charge < -0.3 is 15.6 Å². The predicted molar refractivity (Wildman–Crippen MR) is 61.2 cm³/mol. The van der Waals surface area contributed by atoms with Crippen molar-refractivity contribution >= 4 is 0 Å². The smallest absolute Gasteiger partial charge is 0.422 e. The minimum absolute atomic E-state index is 0.00202. The van der Waals surface area contributed by atoms with Crippen molar-refractivity contribution in [1.82, 2.24) is 0 Å². The van der Waals surface area contributed by atoms with Crippen LogP contribution < -0.4 is 10.5 Å². The molecule has 0 aromatic heterocycles. The number of hydrogen-bond acceptors (Lipinski definition) is 3. The summed E-state index contributed by atoms with van der Waals surface area (Å²) in [5.74, 6) is 0.411. The number of alkyl halides is 3. The van der Waals surface area contributed by atoms with Gasteiger partial charge in [-0.15, -0.1) is 0 Å². The summed E-state index contributed by atoms with van der Waals surface area (Å²) in [5, 5.41) is 9.96. The number of aliphatic hydroxyl groups is 1. The molecule has 0 spiro atoms. The van der Waals surface area contributed by atoms with Crippen LogP contribution in [0.1, 0.15) is 18.9 Å². The van der Waals surface area contributed by atoms with Crippen LogP contribution >= 0.6 is 0 Å². The van der Waals surface area contributed by atoms with E-state index in [1.807, 2.05) is 0 Å². The fraction of sp³-hybridized carbons (Fsp3) is 0.500. The molecule has 0 amide bonds. The summed E-state index contributed by atoms with van der Waals surface area (Å²) < 4.78 is 44.0. The van der Waals surface area contributed by atoms with Crippen molar-refractivity contribution in [2.24, 2.45) is 5.73 Å². The summed E-state index contributed by atoms with van der Waals surface area (Å²) in [6, 6.07) is 3.62. The molecule has 0 saturated carbocycles. The van der Waals surface area contributed by atoms with Crippen molar-refractivity contribution in [3.05, 3.63) is 29.8 Å². The Bertz CT molecular complexity index is 391. The van der Waals surface area contributed by atoms with E-state index in [0.717, 1.165) is 0 Å². The Morgan fingerprint density at radius 3 is 2.11 bits per heavy atom. The standard InChI is InChI=1S/C12H16F3NO2/c1-3-10(16)11(17,12(13,14)15)8-4-6-9(18-2)7-5-8/h4-7,10,17H,3,16H2,1-2H3. The van der Waals surface area contributed by atoms with Crippen LogP contribution in [-0.4, -0.2) is 24.4 Å². The number of benzene rings is 1. The van der Waals surface area contributed by atoms with E-state index >= 15 is 0 Å². The molecule has 3 nitrogen and oxygen atoms in total. The molecule has 102 valence electrons. The zero-order valence-corrected chi connectivity index (χ0v) is 10.2. The number of nitrogens with two attached hydrogens (primary N) is 1. The molecule has 0 aliphatic heterocycles.